The van der Waals surface area contributed by atoms with Gasteiger partial charge in [0, 0.05) is 36.4 Å². The minimum Gasteiger partial charge on any atom is -0.487 e. The maximum atomic E-state index is 12.5. The van der Waals surface area contributed by atoms with Crippen LogP contribution in [0.25, 0.3) is 11.0 Å². The molecule has 1 aliphatic heterocycles. The van der Waals surface area contributed by atoms with Gasteiger partial charge in [0.15, 0.2) is 0 Å². The third kappa shape index (κ3) is 7.33. The molecule has 1 aliphatic carbocycles. The van der Waals surface area contributed by atoms with Gasteiger partial charge in [0.1, 0.15) is 22.5 Å². The van der Waals surface area contributed by atoms with E-state index >= 15 is 0 Å². The summed E-state index contributed by atoms with van der Waals surface area (Å²) < 4.78 is 18.2. The second-order valence-electron chi connectivity index (χ2n) is 12.6. The summed E-state index contributed by atoms with van der Waals surface area (Å²) in [6.07, 6.45) is 8.48. The van der Waals surface area contributed by atoms with Crippen molar-refractivity contribution < 1.29 is 28.3 Å². The molecule has 1 amide bonds. The molecule has 1 fully saturated rings. The van der Waals surface area contributed by atoms with E-state index in [4.69, 9.17) is 18.7 Å². The van der Waals surface area contributed by atoms with Crippen LogP contribution in [0.4, 0.5) is 4.79 Å². The molecule has 42 heavy (non-hydrogen) atoms. The molecule has 8 nitrogen and oxygen atoms in total. The average Bonchev–Trinajstić information content (AvgIpc) is 2.95. The van der Waals surface area contributed by atoms with E-state index in [0.29, 0.717) is 18.4 Å². The first-order valence-corrected chi connectivity index (χ1v) is 15.1. The van der Waals surface area contributed by atoms with Gasteiger partial charge in [0.25, 0.3) is 5.55 Å². The van der Waals surface area contributed by atoms with Crippen molar-refractivity contribution in [1.29, 1.82) is 0 Å². The van der Waals surface area contributed by atoms with E-state index in [-0.39, 0.29) is 24.1 Å². The summed E-state index contributed by atoms with van der Waals surface area (Å²) >= 11 is 0. The van der Waals surface area contributed by atoms with Crippen molar-refractivity contribution in [3.8, 4) is 5.75 Å². The van der Waals surface area contributed by atoms with Gasteiger partial charge in [-0.05, 0) is 101 Å². The Morgan fingerprint density at radius 2 is 1.81 bits per heavy atom. The molecule has 1 aromatic heterocycles. The number of hydrogen-bond donors (Lipinski definition) is 1. The zero-order chi connectivity index (χ0) is 29.7. The van der Waals surface area contributed by atoms with Crippen molar-refractivity contribution in [2.24, 2.45) is 5.16 Å². The van der Waals surface area contributed by atoms with Gasteiger partial charge in [-0.3, -0.25) is 0 Å². The molecule has 5 rings (SSSR count). The molecule has 0 bridgehead atoms. The standard InChI is InChI=1S/C34H42N2O6/c1-23-26-21-25-15-18-34(16-9-6-10-17-34)40-28(25)22-29(26)39-31(27(23)20-24-12-7-5-8-13-24)36-42-30(37)14-11-19-35-32(38)41-33(2,3)4/h5,7-8,12-13,21-22H,6,9-11,14-20H2,1-4H3,(H,35,38)/b36-31+. The number of hydrogen-bond acceptors (Lipinski definition) is 7. The molecule has 3 aromatic rings. The van der Waals surface area contributed by atoms with Gasteiger partial charge in [-0.1, -0.05) is 36.8 Å². The Morgan fingerprint density at radius 3 is 2.55 bits per heavy atom. The van der Waals surface area contributed by atoms with Crippen LogP contribution < -0.4 is 15.6 Å². The lowest BCUT2D eigenvalue weighted by atomic mass is 9.79. The predicted octanol–water partition coefficient (Wildman–Crippen LogP) is 7.02. The zero-order valence-electron chi connectivity index (χ0n) is 25.2. The molecule has 0 unspecified atom stereocenters. The minimum atomic E-state index is -0.580. The van der Waals surface area contributed by atoms with Crippen LogP contribution in [0.1, 0.15) is 94.4 Å². The van der Waals surface area contributed by atoms with Gasteiger partial charge in [0.05, 0.1) is 0 Å². The molecule has 2 aromatic carbocycles. The van der Waals surface area contributed by atoms with Gasteiger partial charge in [-0.15, -0.1) is 0 Å². The molecule has 0 radical (unpaired) electrons. The molecule has 2 heterocycles. The smallest absolute Gasteiger partial charge is 0.407 e. The van der Waals surface area contributed by atoms with Crippen LogP contribution in [0.2, 0.25) is 0 Å². The van der Waals surface area contributed by atoms with Gasteiger partial charge >= 0.3 is 12.1 Å². The molecule has 1 N–H and O–H groups in total. The molecule has 1 saturated carbocycles. The molecule has 0 saturated heterocycles. The number of ether oxygens (including phenoxy) is 2. The largest absolute Gasteiger partial charge is 0.487 e. The van der Waals surface area contributed by atoms with Crippen LogP contribution in [0.3, 0.4) is 0 Å². The summed E-state index contributed by atoms with van der Waals surface area (Å²) in [7, 11) is 0. The second-order valence-corrected chi connectivity index (χ2v) is 12.6. The third-order valence-corrected chi connectivity index (χ3v) is 8.11. The van der Waals surface area contributed by atoms with E-state index in [9.17, 15) is 9.59 Å². The number of alkyl carbamates (subject to hydrolysis) is 1. The van der Waals surface area contributed by atoms with E-state index in [1.165, 1.54) is 24.8 Å². The van der Waals surface area contributed by atoms with Crippen LogP contribution in [0.15, 0.2) is 52.0 Å². The van der Waals surface area contributed by atoms with Crippen molar-refractivity contribution in [1.82, 2.24) is 5.32 Å². The summed E-state index contributed by atoms with van der Waals surface area (Å²) in [5.74, 6) is 0.377. The topological polar surface area (TPSA) is 99.4 Å². The number of benzene rings is 2. The lowest BCUT2D eigenvalue weighted by molar-refractivity contribution is -0.144. The van der Waals surface area contributed by atoms with E-state index < -0.39 is 17.7 Å². The molecule has 0 atom stereocenters. The Kier molecular flexibility index (Phi) is 8.90. The summed E-state index contributed by atoms with van der Waals surface area (Å²) in [5.41, 5.74) is 4.50. The van der Waals surface area contributed by atoms with Gasteiger partial charge < -0.3 is 24.0 Å². The van der Waals surface area contributed by atoms with E-state index in [1.54, 1.807) is 20.8 Å². The number of rotatable bonds is 7. The van der Waals surface area contributed by atoms with E-state index in [2.05, 4.69) is 35.6 Å². The minimum absolute atomic E-state index is 0.0672. The Balaban J connectivity index is 1.38. The Hall–Kier alpha value is -3.81. The summed E-state index contributed by atoms with van der Waals surface area (Å²) in [6, 6.07) is 14.3. The normalized spacial score (nSPS) is 16.5. The summed E-state index contributed by atoms with van der Waals surface area (Å²) in [6.45, 7) is 7.75. The van der Waals surface area contributed by atoms with Crippen molar-refractivity contribution in [2.45, 2.75) is 103 Å². The first-order chi connectivity index (χ1) is 20.1. The Morgan fingerprint density at radius 1 is 1.05 bits per heavy atom. The maximum absolute atomic E-state index is 12.5. The van der Waals surface area contributed by atoms with Crippen molar-refractivity contribution >= 4 is 23.0 Å². The number of carbonyl (C=O) groups excluding carboxylic acids is 2. The monoisotopic (exact) mass is 574 g/mol. The lowest BCUT2D eigenvalue weighted by Crippen LogP contribution is -2.41. The van der Waals surface area contributed by atoms with Gasteiger partial charge in [-0.25, -0.2) is 9.59 Å². The summed E-state index contributed by atoms with van der Waals surface area (Å²) in [4.78, 5) is 29.7. The summed E-state index contributed by atoms with van der Waals surface area (Å²) in [5, 5.41) is 7.87. The quantitative estimate of drug-likeness (QED) is 0.185. The number of nitrogens with zero attached hydrogens (tertiary/aromatic N) is 1. The lowest BCUT2D eigenvalue weighted by Gasteiger charge is -2.41. The Labute approximate surface area is 247 Å². The van der Waals surface area contributed by atoms with E-state index in [0.717, 1.165) is 53.5 Å². The van der Waals surface area contributed by atoms with Crippen LogP contribution in [-0.2, 0) is 27.2 Å². The maximum Gasteiger partial charge on any atom is 0.407 e. The van der Waals surface area contributed by atoms with Crippen LogP contribution in [-0.4, -0.2) is 29.8 Å². The highest BCUT2D eigenvalue weighted by molar-refractivity contribution is 5.84. The molecule has 2 aliphatic rings. The molecular formula is C34H42N2O6. The first-order valence-electron chi connectivity index (χ1n) is 15.1. The SMILES string of the molecule is Cc1c(Cc2ccccc2)/c(=N\OC(=O)CCCNC(=O)OC(C)(C)C)oc2cc3c(cc12)CCC1(CCCCC1)O3. The van der Waals surface area contributed by atoms with Crippen molar-refractivity contribution in [2.75, 3.05) is 6.54 Å². The highest BCUT2D eigenvalue weighted by atomic mass is 16.7. The van der Waals surface area contributed by atoms with E-state index in [1.807, 2.05) is 24.3 Å². The van der Waals surface area contributed by atoms with Crippen LogP contribution in [0.5, 0.6) is 5.75 Å². The Bertz CT molecular complexity index is 1500. The molecule has 224 valence electrons. The highest BCUT2D eigenvalue weighted by Gasteiger charge is 2.37. The van der Waals surface area contributed by atoms with Crippen molar-refractivity contribution in [3.05, 3.63) is 70.3 Å². The number of aryl methyl sites for hydroxylation is 2. The van der Waals surface area contributed by atoms with Crippen LogP contribution in [0, 0.1) is 6.92 Å². The molecular weight excluding hydrogens is 532 g/mol. The second kappa shape index (κ2) is 12.6. The highest BCUT2D eigenvalue weighted by Crippen LogP contribution is 2.43. The number of nitrogens with one attached hydrogen (secondary N) is 1. The fourth-order valence-electron chi connectivity index (χ4n) is 5.91. The van der Waals surface area contributed by atoms with Gasteiger partial charge in [-0.2, -0.15) is 0 Å². The molecule has 1 spiro atoms. The molecule has 8 heteroatoms. The first kappa shape index (κ1) is 29.7. The predicted molar refractivity (Wildman–Crippen MR) is 160 cm³/mol. The average molecular weight is 575 g/mol. The number of fused-ring (bicyclic) bond motifs is 2. The van der Waals surface area contributed by atoms with Crippen molar-refractivity contribution in [3.63, 3.8) is 0 Å². The number of amides is 1. The zero-order valence-corrected chi connectivity index (χ0v) is 25.2. The van der Waals surface area contributed by atoms with Crippen LogP contribution >= 0.6 is 0 Å². The number of carbonyl (C=O) groups is 2. The third-order valence-electron chi connectivity index (χ3n) is 8.11. The van der Waals surface area contributed by atoms with Gasteiger partial charge in [0.2, 0.25) is 0 Å². The fourth-order valence-corrected chi connectivity index (χ4v) is 5.91. The fraction of sp³-hybridized carbons (Fsp3) is 0.500.